The summed E-state index contributed by atoms with van der Waals surface area (Å²) in [4.78, 5) is 7.58. The molecule has 0 fully saturated rings. The lowest BCUT2D eigenvalue weighted by Crippen LogP contribution is -2.12. The second-order valence-corrected chi connectivity index (χ2v) is 15.5. The Kier molecular flexibility index (Phi) is 7.09. The molecule has 10 aromatic carbocycles. The van der Waals surface area contributed by atoms with Crippen LogP contribution in [0.1, 0.15) is 22.3 Å². The molecule has 2 heteroatoms. The molecule has 1 aliphatic carbocycles. The average Bonchev–Trinajstić information content (AvgIpc) is 3.90. The molecule has 57 heavy (non-hydrogen) atoms. The summed E-state index contributed by atoms with van der Waals surface area (Å²) in [6.45, 7) is 0. The summed E-state index contributed by atoms with van der Waals surface area (Å²) >= 11 is 0. The third kappa shape index (κ3) is 5.08. The predicted octanol–water partition coefficient (Wildman–Crippen LogP) is 14.7. The molecule has 0 N–H and O–H groups in total. The van der Waals surface area contributed by atoms with Crippen LogP contribution in [0.15, 0.2) is 199 Å². The summed E-state index contributed by atoms with van der Waals surface area (Å²) in [5.74, 6) is 0. The summed E-state index contributed by atoms with van der Waals surface area (Å²) < 4.78 is 0. The molecule has 0 amide bonds. The summed E-state index contributed by atoms with van der Waals surface area (Å²) in [6.07, 6.45) is 1.75. The maximum absolute atomic E-state index is 5.07. The molecular formula is C55H36N2. The van der Waals surface area contributed by atoms with Gasteiger partial charge in [-0.2, -0.15) is 0 Å². The molecule has 0 saturated heterocycles. The fourth-order valence-electron chi connectivity index (χ4n) is 9.62. The van der Waals surface area contributed by atoms with Crippen LogP contribution in [-0.2, 0) is 12.8 Å². The smallest absolute Gasteiger partial charge is 0.0669 e. The number of nitrogens with zero attached hydrogens (tertiary/aromatic N) is 2. The lowest BCUT2D eigenvalue weighted by Gasteiger charge is -2.29. The first kappa shape index (κ1) is 32.0. The Bertz CT molecular complexity index is 3250. The molecule has 0 saturated carbocycles. The second kappa shape index (κ2) is 12.6. The predicted molar refractivity (Wildman–Crippen MR) is 241 cm³/mol. The van der Waals surface area contributed by atoms with Gasteiger partial charge in [0.25, 0.3) is 0 Å². The first-order chi connectivity index (χ1) is 28.2. The molecule has 0 atom stereocenters. The van der Waals surface area contributed by atoms with Crippen molar-refractivity contribution in [3.63, 3.8) is 0 Å². The quantitative estimate of drug-likeness (QED) is 0.161. The maximum atomic E-state index is 5.07. The lowest BCUT2D eigenvalue weighted by molar-refractivity contribution is 1.26. The molecule has 1 aliphatic heterocycles. The van der Waals surface area contributed by atoms with Crippen molar-refractivity contribution in [3.8, 4) is 22.3 Å². The van der Waals surface area contributed by atoms with Crippen LogP contribution in [0.4, 0.5) is 22.7 Å². The van der Waals surface area contributed by atoms with Crippen molar-refractivity contribution < 1.29 is 0 Å². The van der Waals surface area contributed by atoms with Gasteiger partial charge in [-0.25, -0.2) is 0 Å². The third-order valence-corrected chi connectivity index (χ3v) is 12.3. The molecule has 0 spiro atoms. The van der Waals surface area contributed by atoms with Crippen LogP contribution in [0.25, 0.3) is 65.3 Å². The van der Waals surface area contributed by atoms with E-state index in [9.17, 15) is 0 Å². The van der Waals surface area contributed by atoms with E-state index in [1.165, 1.54) is 93.3 Å². The molecule has 2 aliphatic rings. The fraction of sp³-hybridized carbons (Fsp3) is 0.0364. The Morgan fingerprint density at radius 3 is 1.74 bits per heavy atom. The van der Waals surface area contributed by atoms with Crippen LogP contribution in [0.2, 0.25) is 0 Å². The number of aliphatic imine (C=N–C) groups is 1. The zero-order chi connectivity index (χ0) is 37.5. The van der Waals surface area contributed by atoms with Gasteiger partial charge in [0, 0.05) is 23.4 Å². The van der Waals surface area contributed by atoms with Crippen LogP contribution in [0, 0.1) is 0 Å². The van der Waals surface area contributed by atoms with Gasteiger partial charge < -0.3 is 4.90 Å². The van der Waals surface area contributed by atoms with Crippen molar-refractivity contribution in [2.24, 2.45) is 4.99 Å². The number of benzene rings is 10. The van der Waals surface area contributed by atoms with Gasteiger partial charge in [-0.3, -0.25) is 4.99 Å². The highest BCUT2D eigenvalue weighted by Crippen LogP contribution is 2.51. The highest BCUT2D eigenvalue weighted by molar-refractivity contribution is 6.26. The van der Waals surface area contributed by atoms with Gasteiger partial charge in [-0.1, -0.05) is 152 Å². The largest absolute Gasteiger partial charge is 0.310 e. The molecular weight excluding hydrogens is 689 g/mol. The van der Waals surface area contributed by atoms with Crippen LogP contribution < -0.4 is 4.90 Å². The molecule has 0 radical (unpaired) electrons. The summed E-state index contributed by atoms with van der Waals surface area (Å²) in [7, 11) is 0. The number of rotatable bonds is 5. The SMILES string of the molecule is c1ccc(-c2ccc(N(c3ccc4c5ccccc5c5ccccc5c4c3)c3cc4ccccc4c4c3-c3ccc(C5=Nc6ccccc6C5)cc3C4)cc2)cc1. The molecule has 10 aromatic rings. The van der Waals surface area contributed by atoms with E-state index < -0.39 is 0 Å². The van der Waals surface area contributed by atoms with Gasteiger partial charge in [-0.05, 0) is 131 Å². The van der Waals surface area contributed by atoms with Crippen molar-refractivity contribution in [2.75, 3.05) is 4.90 Å². The van der Waals surface area contributed by atoms with Crippen molar-refractivity contribution in [1.82, 2.24) is 0 Å². The van der Waals surface area contributed by atoms with Crippen molar-refractivity contribution in [1.29, 1.82) is 0 Å². The third-order valence-electron chi connectivity index (χ3n) is 12.3. The fourth-order valence-corrected chi connectivity index (χ4v) is 9.62. The minimum atomic E-state index is 0.870. The van der Waals surface area contributed by atoms with Gasteiger partial charge in [0.2, 0.25) is 0 Å². The van der Waals surface area contributed by atoms with E-state index in [4.69, 9.17) is 4.99 Å². The maximum Gasteiger partial charge on any atom is 0.0669 e. The first-order valence-corrected chi connectivity index (χ1v) is 19.9. The van der Waals surface area contributed by atoms with E-state index >= 15 is 0 Å². The molecule has 12 rings (SSSR count). The first-order valence-electron chi connectivity index (χ1n) is 19.9. The van der Waals surface area contributed by atoms with E-state index in [0.29, 0.717) is 0 Å². The zero-order valence-corrected chi connectivity index (χ0v) is 31.3. The van der Waals surface area contributed by atoms with Gasteiger partial charge in [0.05, 0.1) is 17.1 Å². The van der Waals surface area contributed by atoms with Crippen molar-refractivity contribution in [3.05, 3.63) is 216 Å². The van der Waals surface area contributed by atoms with Crippen LogP contribution in [-0.4, -0.2) is 5.71 Å². The van der Waals surface area contributed by atoms with Gasteiger partial charge in [0.1, 0.15) is 0 Å². The second-order valence-electron chi connectivity index (χ2n) is 15.5. The molecule has 1 heterocycles. The molecule has 0 aromatic heterocycles. The Labute approximate surface area is 331 Å². The number of anilines is 3. The molecule has 0 bridgehead atoms. The Hall–Kier alpha value is -7.29. The molecule has 0 unspecified atom stereocenters. The highest BCUT2D eigenvalue weighted by Gasteiger charge is 2.29. The average molecular weight is 725 g/mol. The normalized spacial score (nSPS) is 12.9. The van der Waals surface area contributed by atoms with Crippen LogP contribution >= 0.6 is 0 Å². The number of hydrogen-bond donors (Lipinski definition) is 0. The van der Waals surface area contributed by atoms with E-state index in [-0.39, 0.29) is 0 Å². The number of hydrogen-bond acceptors (Lipinski definition) is 2. The Balaban J connectivity index is 1.09. The topological polar surface area (TPSA) is 15.6 Å². The van der Waals surface area contributed by atoms with Gasteiger partial charge in [-0.15, -0.1) is 0 Å². The summed E-state index contributed by atoms with van der Waals surface area (Å²) in [6, 6.07) is 71.5. The Morgan fingerprint density at radius 2 is 0.982 bits per heavy atom. The summed E-state index contributed by atoms with van der Waals surface area (Å²) in [5.41, 5.74) is 16.0. The van der Waals surface area contributed by atoms with Crippen LogP contribution in [0.5, 0.6) is 0 Å². The van der Waals surface area contributed by atoms with Gasteiger partial charge in [0.15, 0.2) is 0 Å². The van der Waals surface area contributed by atoms with Crippen molar-refractivity contribution >= 4 is 71.6 Å². The van der Waals surface area contributed by atoms with Crippen molar-refractivity contribution in [2.45, 2.75) is 12.8 Å². The summed E-state index contributed by atoms with van der Waals surface area (Å²) in [5, 5.41) is 10.2. The van der Waals surface area contributed by atoms with E-state index in [0.717, 1.165) is 35.6 Å². The molecule has 266 valence electrons. The van der Waals surface area contributed by atoms with Crippen LogP contribution in [0.3, 0.4) is 0 Å². The minimum Gasteiger partial charge on any atom is -0.310 e. The highest BCUT2D eigenvalue weighted by atomic mass is 15.1. The monoisotopic (exact) mass is 724 g/mol. The number of fused-ring (bicyclic) bond motifs is 12. The minimum absolute atomic E-state index is 0.870. The molecule has 2 nitrogen and oxygen atoms in total. The number of para-hydroxylation sites is 1. The zero-order valence-electron chi connectivity index (χ0n) is 31.3. The van der Waals surface area contributed by atoms with E-state index in [1.807, 2.05) is 0 Å². The van der Waals surface area contributed by atoms with E-state index in [2.05, 4.69) is 199 Å². The standard InChI is InChI=1S/C55H36N2/c1-2-12-35(13-3-1)36-22-25-41(26-23-36)57(42-27-29-49-47-19-8-7-17-45(47)46-18-9-10-20-48(46)50(49)34-42)54-33-37-14-4-6-16-43(37)51-31-40-30-39(24-28-44(40)55(51)54)53-32-38-15-5-11-21-52(38)56-53/h1-30,33-34H,31-32H2. The lowest BCUT2D eigenvalue weighted by atomic mass is 9.93. The van der Waals surface area contributed by atoms with Gasteiger partial charge >= 0.3 is 0 Å². The van der Waals surface area contributed by atoms with E-state index in [1.54, 1.807) is 0 Å². The Morgan fingerprint density at radius 1 is 0.386 bits per heavy atom.